The number of rotatable bonds is 10. The summed E-state index contributed by atoms with van der Waals surface area (Å²) in [6, 6.07) is 7.06. The number of sulfonamides is 1. The molecule has 2 N–H and O–H groups in total. The third kappa shape index (κ3) is 7.78. The number of nitrogens with one attached hydrogen (secondary N) is 2. The van der Waals surface area contributed by atoms with Crippen molar-refractivity contribution in [2.45, 2.75) is 24.7 Å². The average molecular weight is 337 g/mol. The Morgan fingerprint density at radius 3 is 2.33 bits per heavy atom. The van der Waals surface area contributed by atoms with E-state index >= 15 is 0 Å². The largest absolute Gasteiger partial charge is 0.383 e. The van der Waals surface area contributed by atoms with Crippen molar-refractivity contribution in [1.82, 2.24) is 10.0 Å². The van der Waals surface area contributed by atoms with Crippen molar-refractivity contribution >= 4 is 22.4 Å². The highest BCUT2D eigenvalue weighted by molar-refractivity contribution is 7.89. The van der Waals surface area contributed by atoms with E-state index < -0.39 is 10.0 Å². The van der Waals surface area contributed by atoms with Crippen molar-refractivity contribution in [1.29, 1.82) is 0 Å². The summed E-state index contributed by atoms with van der Waals surface area (Å²) in [6.07, 6.45) is 2.02. The first-order chi connectivity index (χ1) is 9.60. The molecule has 0 atom stereocenters. The molecule has 0 unspecified atom stereocenters. The topological polar surface area (TPSA) is 67.4 Å². The Bertz CT molecular complexity index is 477. The van der Waals surface area contributed by atoms with Gasteiger partial charge in [0.1, 0.15) is 0 Å². The number of aryl methyl sites for hydroxylation is 1. The number of hydrogen-bond acceptors (Lipinski definition) is 4. The van der Waals surface area contributed by atoms with E-state index in [1.54, 1.807) is 19.2 Å². The minimum atomic E-state index is -3.41. The van der Waals surface area contributed by atoms with E-state index in [1.807, 2.05) is 12.1 Å². The van der Waals surface area contributed by atoms with Crippen molar-refractivity contribution in [3.8, 4) is 0 Å². The Labute approximate surface area is 133 Å². The maximum atomic E-state index is 12.0. The SMILES string of the molecule is CCCc1ccc(S(=O)(=O)NCCNCCOC)cc1.Cl. The van der Waals surface area contributed by atoms with Crippen LogP contribution in [0.5, 0.6) is 0 Å². The highest BCUT2D eigenvalue weighted by atomic mass is 35.5. The van der Waals surface area contributed by atoms with Crippen LogP contribution in [0.15, 0.2) is 29.2 Å². The molecular weight excluding hydrogens is 312 g/mol. The fourth-order valence-electron chi connectivity index (χ4n) is 1.78. The lowest BCUT2D eigenvalue weighted by Crippen LogP contribution is -2.33. The first kappa shape index (κ1) is 20.3. The maximum Gasteiger partial charge on any atom is 0.240 e. The van der Waals surface area contributed by atoms with Crippen molar-refractivity contribution in [2.24, 2.45) is 0 Å². The van der Waals surface area contributed by atoms with Gasteiger partial charge >= 0.3 is 0 Å². The van der Waals surface area contributed by atoms with Gasteiger partial charge in [-0.25, -0.2) is 13.1 Å². The second kappa shape index (κ2) is 11.0. The van der Waals surface area contributed by atoms with Gasteiger partial charge < -0.3 is 10.1 Å². The molecule has 0 saturated heterocycles. The van der Waals surface area contributed by atoms with Crippen molar-refractivity contribution in [3.05, 3.63) is 29.8 Å². The van der Waals surface area contributed by atoms with Gasteiger partial charge in [-0.15, -0.1) is 12.4 Å². The van der Waals surface area contributed by atoms with Gasteiger partial charge in [-0.2, -0.15) is 0 Å². The van der Waals surface area contributed by atoms with Crippen molar-refractivity contribution in [2.75, 3.05) is 33.4 Å². The zero-order valence-corrected chi connectivity index (χ0v) is 14.2. The molecule has 7 heteroatoms. The average Bonchev–Trinajstić information content (AvgIpc) is 2.44. The lowest BCUT2D eigenvalue weighted by molar-refractivity contribution is 0.199. The van der Waals surface area contributed by atoms with Gasteiger partial charge in [0.05, 0.1) is 11.5 Å². The number of halogens is 1. The molecule has 0 spiro atoms. The van der Waals surface area contributed by atoms with Crippen LogP contribution < -0.4 is 10.0 Å². The second-order valence-electron chi connectivity index (χ2n) is 4.53. The summed E-state index contributed by atoms with van der Waals surface area (Å²) in [5, 5.41) is 3.08. The molecule has 21 heavy (non-hydrogen) atoms. The summed E-state index contributed by atoms with van der Waals surface area (Å²) in [5.74, 6) is 0. The van der Waals surface area contributed by atoms with Crippen LogP contribution in [0.3, 0.4) is 0 Å². The van der Waals surface area contributed by atoms with Crippen molar-refractivity contribution < 1.29 is 13.2 Å². The van der Waals surface area contributed by atoms with Gasteiger partial charge in [-0.3, -0.25) is 0 Å². The summed E-state index contributed by atoms with van der Waals surface area (Å²) in [7, 11) is -1.77. The predicted molar refractivity (Wildman–Crippen MR) is 87.6 cm³/mol. The molecule has 0 fully saturated rings. The summed E-state index contributed by atoms with van der Waals surface area (Å²) in [5.41, 5.74) is 1.16. The Hall–Kier alpha value is -0.660. The summed E-state index contributed by atoms with van der Waals surface area (Å²) in [6.45, 7) is 4.37. The number of ether oxygens (including phenoxy) is 1. The molecule has 1 aromatic carbocycles. The molecule has 0 amide bonds. The summed E-state index contributed by atoms with van der Waals surface area (Å²) >= 11 is 0. The third-order valence-corrected chi connectivity index (χ3v) is 4.33. The van der Waals surface area contributed by atoms with Crippen LogP contribution in [0.25, 0.3) is 0 Å². The number of methoxy groups -OCH3 is 1. The van der Waals surface area contributed by atoms with E-state index in [0.717, 1.165) is 18.4 Å². The molecule has 1 aromatic rings. The van der Waals surface area contributed by atoms with Gasteiger partial charge in [0, 0.05) is 26.7 Å². The monoisotopic (exact) mass is 336 g/mol. The predicted octanol–water partition coefficient (Wildman–Crippen LogP) is 1.58. The van der Waals surface area contributed by atoms with E-state index in [9.17, 15) is 8.42 Å². The quantitative estimate of drug-likeness (QED) is 0.636. The Kier molecular flexibility index (Phi) is 10.6. The highest BCUT2D eigenvalue weighted by Crippen LogP contribution is 2.11. The van der Waals surface area contributed by atoms with Gasteiger partial charge in [0.15, 0.2) is 0 Å². The van der Waals surface area contributed by atoms with E-state index in [1.165, 1.54) is 0 Å². The molecule has 0 aliphatic carbocycles. The zero-order chi connectivity index (χ0) is 14.8. The lowest BCUT2D eigenvalue weighted by Gasteiger charge is -2.08. The van der Waals surface area contributed by atoms with Crippen LogP contribution in [0.1, 0.15) is 18.9 Å². The van der Waals surface area contributed by atoms with Gasteiger partial charge in [-0.05, 0) is 24.1 Å². The van der Waals surface area contributed by atoms with Gasteiger partial charge in [0.25, 0.3) is 0 Å². The fraction of sp³-hybridized carbons (Fsp3) is 0.571. The second-order valence-corrected chi connectivity index (χ2v) is 6.30. The zero-order valence-electron chi connectivity index (χ0n) is 12.6. The van der Waals surface area contributed by atoms with Crippen LogP contribution in [0, 0.1) is 0 Å². The lowest BCUT2D eigenvalue weighted by atomic mass is 10.1. The Morgan fingerprint density at radius 1 is 1.10 bits per heavy atom. The first-order valence-corrected chi connectivity index (χ1v) is 8.36. The van der Waals surface area contributed by atoms with E-state index in [0.29, 0.717) is 31.1 Å². The smallest absolute Gasteiger partial charge is 0.240 e. The molecule has 0 saturated carbocycles. The van der Waals surface area contributed by atoms with Crippen LogP contribution in [-0.2, 0) is 21.2 Å². The molecule has 1 rings (SSSR count). The standard InChI is InChI=1S/C14H24N2O3S.ClH/c1-3-4-13-5-7-14(8-6-13)20(17,18)16-10-9-15-11-12-19-2;/h5-8,15-16H,3-4,9-12H2,1-2H3;1H. The minimum absolute atomic E-state index is 0. The van der Waals surface area contributed by atoms with E-state index in [4.69, 9.17) is 4.74 Å². The molecule has 0 aromatic heterocycles. The molecule has 5 nitrogen and oxygen atoms in total. The number of hydrogen-bond donors (Lipinski definition) is 2. The first-order valence-electron chi connectivity index (χ1n) is 6.88. The van der Waals surface area contributed by atoms with Gasteiger partial charge in [0.2, 0.25) is 10.0 Å². The molecular formula is C14H25ClN2O3S. The molecule has 0 heterocycles. The minimum Gasteiger partial charge on any atom is -0.383 e. The van der Waals surface area contributed by atoms with Crippen LogP contribution in [-0.4, -0.2) is 41.8 Å². The Morgan fingerprint density at radius 2 is 1.76 bits per heavy atom. The third-order valence-electron chi connectivity index (χ3n) is 2.85. The molecule has 122 valence electrons. The summed E-state index contributed by atoms with van der Waals surface area (Å²) < 4.78 is 31.5. The molecule has 0 bridgehead atoms. The normalized spacial score (nSPS) is 11.1. The van der Waals surface area contributed by atoms with E-state index in [-0.39, 0.29) is 12.4 Å². The number of benzene rings is 1. The van der Waals surface area contributed by atoms with Crippen LogP contribution in [0.2, 0.25) is 0 Å². The van der Waals surface area contributed by atoms with Crippen LogP contribution in [0.4, 0.5) is 0 Å². The maximum absolute atomic E-state index is 12.0. The van der Waals surface area contributed by atoms with Crippen LogP contribution >= 0.6 is 12.4 Å². The fourth-order valence-corrected chi connectivity index (χ4v) is 2.81. The molecule has 0 aliphatic heterocycles. The Balaban J connectivity index is 0.00000400. The highest BCUT2D eigenvalue weighted by Gasteiger charge is 2.12. The van der Waals surface area contributed by atoms with Gasteiger partial charge in [-0.1, -0.05) is 25.5 Å². The molecule has 0 radical (unpaired) electrons. The van der Waals surface area contributed by atoms with Crippen molar-refractivity contribution in [3.63, 3.8) is 0 Å². The van der Waals surface area contributed by atoms with E-state index in [2.05, 4.69) is 17.0 Å². The summed E-state index contributed by atoms with van der Waals surface area (Å²) in [4.78, 5) is 0.314. The molecule has 0 aliphatic rings.